The van der Waals surface area contributed by atoms with E-state index < -0.39 is 0 Å². The van der Waals surface area contributed by atoms with Crippen LogP contribution in [0.5, 0.6) is 0 Å². The lowest BCUT2D eigenvalue weighted by Gasteiger charge is -2.45. The van der Waals surface area contributed by atoms with Crippen LogP contribution in [0.15, 0.2) is 12.1 Å². The van der Waals surface area contributed by atoms with Crippen LogP contribution in [0.25, 0.3) is 5.65 Å². The molecule has 4 heterocycles. The van der Waals surface area contributed by atoms with Crippen molar-refractivity contribution in [1.29, 1.82) is 0 Å². The van der Waals surface area contributed by atoms with Gasteiger partial charge in [-0.25, -0.2) is 0 Å². The fourth-order valence-electron chi connectivity index (χ4n) is 4.13. The second-order valence-corrected chi connectivity index (χ2v) is 8.16. The van der Waals surface area contributed by atoms with Gasteiger partial charge < -0.3 is 14.4 Å². The minimum Gasteiger partial charge on any atom is -0.379 e. The van der Waals surface area contributed by atoms with E-state index in [0.29, 0.717) is 17.9 Å². The van der Waals surface area contributed by atoms with E-state index >= 15 is 0 Å². The number of rotatable bonds is 5. The van der Waals surface area contributed by atoms with E-state index in [-0.39, 0.29) is 0 Å². The summed E-state index contributed by atoms with van der Waals surface area (Å²) in [5.41, 5.74) is 0.850. The predicted octanol–water partition coefficient (Wildman–Crippen LogP) is 1.18. The number of fused-ring (bicyclic) bond motifs is 1. The van der Waals surface area contributed by atoms with E-state index in [4.69, 9.17) is 14.6 Å². The molecule has 0 bridgehead atoms. The summed E-state index contributed by atoms with van der Waals surface area (Å²) in [5, 5.41) is 13.5. The summed E-state index contributed by atoms with van der Waals surface area (Å²) in [6.45, 7) is 6.07. The van der Waals surface area contributed by atoms with E-state index in [1.165, 1.54) is 19.3 Å². The maximum atomic E-state index is 5.62. The molecule has 2 saturated heterocycles. The summed E-state index contributed by atoms with van der Waals surface area (Å²) in [5.74, 6) is 3.04. The van der Waals surface area contributed by atoms with Crippen molar-refractivity contribution in [3.8, 4) is 0 Å². The monoisotopic (exact) mass is 372 g/mol. The molecule has 0 atom stereocenters. The molecule has 0 amide bonds. The van der Waals surface area contributed by atoms with E-state index in [1.54, 1.807) is 0 Å². The van der Waals surface area contributed by atoms with Crippen LogP contribution < -0.4 is 4.90 Å². The van der Waals surface area contributed by atoms with Crippen molar-refractivity contribution < 1.29 is 9.47 Å². The van der Waals surface area contributed by atoms with Gasteiger partial charge in [-0.2, -0.15) is 4.52 Å². The Morgan fingerprint density at radius 3 is 2.59 bits per heavy atom. The van der Waals surface area contributed by atoms with Gasteiger partial charge in [-0.15, -0.1) is 15.3 Å². The molecule has 146 valence electrons. The largest absolute Gasteiger partial charge is 0.379 e. The molecule has 0 N–H and O–H groups in total. The number of ether oxygens (including phenoxy) is 2. The maximum absolute atomic E-state index is 5.62. The molecule has 0 aromatic carbocycles. The highest BCUT2D eigenvalue weighted by atomic mass is 16.5. The number of nitrogens with zero attached hydrogens (tertiary/aromatic N) is 6. The third kappa shape index (κ3) is 3.41. The number of hydrogen-bond acceptors (Lipinski definition) is 7. The Kier molecular flexibility index (Phi) is 4.71. The molecule has 27 heavy (non-hydrogen) atoms. The van der Waals surface area contributed by atoms with Crippen molar-refractivity contribution in [2.24, 2.45) is 5.92 Å². The smallest absolute Gasteiger partial charge is 0.178 e. The highest BCUT2D eigenvalue weighted by molar-refractivity contribution is 5.48. The quantitative estimate of drug-likeness (QED) is 0.780. The predicted molar refractivity (Wildman–Crippen MR) is 101 cm³/mol. The van der Waals surface area contributed by atoms with Gasteiger partial charge in [0.25, 0.3) is 0 Å². The third-order valence-corrected chi connectivity index (χ3v) is 6.18. The Bertz CT molecular complexity index is 778. The molecule has 2 aliphatic heterocycles. The fourth-order valence-corrected chi connectivity index (χ4v) is 4.13. The minimum absolute atomic E-state index is 0.461. The SMILES string of the molecule is CN(CC1COCCOC1)C1CN(c2ccc3nnc(C4CCC4)n3n2)C1. The van der Waals surface area contributed by atoms with Gasteiger partial charge in [-0.05, 0) is 32.0 Å². The molecule has 1 aliphatic carbocycles. The van der Waals surface area contributed by atoms with Gasteiger partial charge in [-0.1, -0.05) is 6.42 Å². The molecule has 8 heteroatoms. The molecule has 3 fully saturated rings. The third-order valence-electron chi connectivity index (χ3n) is 6.18. The van der Waals surface area contributed by atoms with Gasteiger partial charge in [0.1, 0.15) is 5.82 Å². The number of likely N-dealkylation sites (N-methyl/N-ethyl adjacent to an activating group) is 1. The van der Waals surface area contributed by atoms with Gasteiger partial charge in [-0.3, -0.25) is 4.90 Å². The molecule has 5 rings (SSSR count). The standard InChI is InChI=1S/C19H28N6O2/c1-23(9-14-12-26-7-8-27-13-14)16-10-24(11-16)18-6-5-17-20-21-19(25(17)22-18)15-3-2-4-15/h5-6,14-16H,2-4,7-13H2,1H3. The highest BCUT2D eigenvalue weighted by Crippen LogP contribution is 2.35. The lowest BCUT2D eigenvalue weighted by atomic mass is 9.85. The lowest BCUT2D eigenvalue weighted by molar-refractivity contribution is 0.0917. The molecule has 8 nitrogen and oxygen atoms in total. The van der Waals surface area contributed by atoms with E-state index in [0.717, 1.165) is 63.4 Å². The minimum atomic E-state index is 0.461. The summed E-state index contributed by atoms with van der Waals surface area (Å²) in [6, 6.07) is 4.66. The Labute approximate surface area is 159 Å². The molecular weight excluding hydrogens is 344 g/mol. The van der Waals surface area contributed by atoms with Crippen LogP contribution in [0.4, 0.5) is 5.82 Å². The summed E-state index contributed by atoms with van der Waals surface area (Å²) in [7, 11) is 2.21. The van der Waals surface area contributed by atoms with Crippen LogP contribution in [-0.4, -0.2) is 83.9 Å². The van der Waals surface area contributed by atoms with Crippen LogP contribution in [0, 0.1) is 5.92 Å². The first-order valence-corrected chi connectivity index (χ1v) is 10.1. The molecule has 1 saturated carbocycles. The van der Waals surface area contributed by atoms with Crippen molar-refractivity contribution in [2.75, 3.05) is 58.0 Å². The van der Waals surface area contributed by atoms with Gasteiger partial charge >= 0.3 is 0 Å². The molecule has 0 radical (unpaired) electrons. The van der Waals surface area contributed by atoms with Crippen molar-refractivity contribution in [3.05, 3.63) is 18.0 Å². The van der Waals surface area contributed by atoms with E-state index in [1.807, 2.05) is 10.6 Å². The second kappa shape index (κ2) is 7.33. The zero-order chi connectivity index (χ0) is 18.2. The average Bonchev–Trinajstić information content (AvgIpc) is 2.81. The molecular formula is C19H28N6O2. The molecule has 0 unspecified atom stereocenters. The zero-order valence-corrected chi connectivity index (χ0v) is 16.0. The van der Waals surface area contributed by atoms with Crippen LogP contribution in [0.3, 0.4) is 0 Å². The number of hydrogen-bond donors (Lipinski definition) is 0. The molecule has 2 aromatic rings. The summed E-state index contributed by atoms with van der Waals surface area (Å²) >= 11 is 0. The van der Waals surface area contributed by atoms with Gasteiger partial charge in [0.2, 0.25) is 0 Å². The Balaban J connectivity index is 1.21. The number of anilines is 1. The summed E-state index contributed by atoms with van der Waals surface area (Å²) in [4.78, 5) is 4.78. The molecule has 0 spiro atoms. The van der Waals surface area contributed by atoms with Crippen LogP contribution in [-0.2, 0) is 9.47 Å². The topological polar surface area (TPSA) is 68.0 Å². The summed E-state index contributed by atoms with van der Waals surface area (Å²) < 4.78 is 13.2. The van der Waals surface area contributed by atoms with Crippen LogP contribution >= 0.6 is 0 Å². The first kappa shape index (κ1) is 17.3. The first-order chi connectivity index (χ1) is 13.3. The normalized spacial score (nSPS) is 22.8. The highest BCUT2D eigenvalue weighted by Gasteiger charge is 2.33. The van der Waals surface area contributed by atoms with Crippen molar-refractivity contribution >= 4 is 11.5 Å². The van der Waals surface area contributed by atoms with Gasteiger partial charge in [0.05, 0.1) is 26.4 Å². The lowest BCUT2D eigenvalue weighted by Crippen LogP contribution is -2.59. The van der Waals surface area contributed by atoms with Crippen LogP contribution in [0.1, 0.15) is 31.0 Å². The number of aromatic nitrogens is 4. The zero-order valence-electron chi connectivity index (χ0n) is 16.0. The molecule has 3 aliphatic rings. The van der Waals surface area contributed by atoms with Gasteiger partial charge in [0, 0.05) is 37.5 Å². The van der Waals surface area contributed by atoms with E-state index in [9.17, 15) is 0 Å². The maximum Gasteiger partial charge on any atom is 0.178 e. The fraction of sp³-hybridized carbons (Fsp3) is 0.737. The first-order valence-electron chi connectivity index (χ1n) is 10.1. The second-order valence-electron chi connectivity index (χ2n) is 8.16. The Hall–Kier alpha value is -1.77. The average molecular weight is 372 g/mol. The van der Waals surface area contributed by atoms with E-state index in [2.05, 4.69) is 33.1 Å². The van der Waals surface area contributed by atoms with Crippen molar-refractivity contribution in [2.45, 2.75) is 31.2 Å². The van der Waals surface area contributed by atoms with Gasteiger partial charge in [0.15, 0.2) is 11.5 Å². The van der Waals surface area contributed by atoms with Crippen LogP contribution in [0.2, 0.25) is 0 Å². The van der Waals surface area contributed by atoms with Crippen molar-refractivity contribution in [1.82, 2.24) is 24.7 Å². The molecule has 2 aromatic heterocycles. The van der Waals surface area contributed by atoms with Crippen molar-refractivity contribution in [3.63, 3.8) is 0 Å². The Morgan fingerprint density at radius 1 is 1.11 bits per heavy atom. The Morgan fingerprint density at radius 2 is 1.89 bits per heavy atom. The summed E-state index contributed by atoms with van der Waals surface area (Å²) in [6.07, 6.45) is 3.70.